The minimum absolute atomic E-state index is 0.0972. The predicted molar refractivity (Wildman–Crippen MR) is 46.4 cm³/mol. The van der Waals surface area contributed by atoms with Gasteiger partial charge in [0.05, 0.1) is 4.92 Å². The minimum Gasteiger partial charge on any atom is -0.370 e. The van der Waals surface area contributed by atoms with Gasteiger partial charge < -0.3 is 11.5 Å². The zero-order valence-electron chi connectivity index (χ0n) is 6.54. The van der Waals surface area contributed by atoms with Crippen LogP contribution in [0.3, 0.4) is 0 Å². The summed E-state index contributed by atoms with van der Waals surface area (Å²) in [6.07, 6.45) is 2.45. The maximum absolute atomic E-state index is 10.4. The van der Waals surface area contributed by atoms with E-state index in [1.807, 2.05) is 0 Å². The molecule has 0 saturated carbocycles. The highest BCUT2D eigenvalue weighted by molar-refractivity contribution is 5.80. The molecule has 1 rings (SSSR count). The number of hydrogen-bond acceptors (Lipinski definition) is 4. The van der Waals surface area contributed by atoms with E-state index in [0.717, 1.165) is 6.20 Å². The summed E-state index contributed by atoms with van der Waals surface area (Å²) in [6, 6.07) is 1.36. The Hall–Kier alpha value is -2.18. The quantitative estimate of drug-likeness (QED) is 0.285. The van der Waals surface area contributed by atoms with Crippen LogP contribution in [0.4, 0.5) is 11.4 Å². The van der Waals surface area contributed by atoms with Crippen LogP contribution in [0, 0.1) is 10.1 Å². The number of nitrogens with zero attached hydrogens (tertiary/aromatic N) is 3. The van der Waals surface area contributed by atoms with E-state index in [9.17, 15) is 10.1 Å². The summed E-state index contributed by atoms with van der Waals surface area (Å²) in [5.41, 5.74) is 10.0. The maximum atomic E-state index is 10.4. The van der Waals surface area contributed by atoms with Gasteiger partial charge in [-0.2, -0.15) is 0 Å². The average molecular weight is 181 g/mol. The summed E-state index contributed by atoms with van der Waals surface area (Å²) in [5.74, 6) is -0.227. The van der Waals surface area contributed by atoms with Crippen LogP contribution in [0.5, 0.6) is 0 Å². The van der Waals surface area contributed by atoms with E-state index in [1.54, 1.807) is 0 Å². The molecule has 0 bridgehead atoms. The molecule has 0 amide bonds. The Kier molecular flexibility index (Phi) is 2.38. The molecule has 0 aromatic carbocycles. The van der Waals surface area contributed by atoms with E-state index < -0.39 is 4.92 Å². The Labute approximate surface area is 73.2 Å². The Balaban J connectivity index is 3.20. The molecule has 0 aliphatic carbocycles. The van der Waals surface area contributed by atoms with Gasteiger partial charge in [0, 0.05) is 6.20 Å². The van der Waals surface area contributed by atoms with E-state index >= 15 is 0 Å². The van der Waals surface area contributed by atoms with Crippen LogP contribution >= 0.6 is 0 Å². The largest absolute Gasteiger partial charge is 0.370 e. The molecule has 1 aromatic heterocycles. The minimum atomic E-state index is -0.602. The number of aliphatic imine (C=N–C) groups is 1. The van der Waals surface area contributed by atoms with Crippen LogP contribution in [0.15, 0.2) is 23.5 Å². The normalized spacial score (nSPS) is 9.23. The molecule has 0 aliphatic rings. The lowest BCUT2D eigenvalue weighted by Crippen LogP contribution is -2.22. The molecule has 1 aromatic rings. The highest BCUT2D eigenvalue weighted by Crippen LogP contribution is 2.24. The third-order valence-corrected chi connectivity index (χ3v) is 1.22. The molecule has 68 valence electrons. The molecule has 0 fully saturated rings. The number of guanidine groups is 1. The molecule has 0 aliphatic heterocycles. The fourth-order valence-electron chi connectivity index (χ4n) is 0.753. The molecule has 0 saturated heterocycles. The zero-order chi connectivity index (χ0) is 9.84. The summed E-state index contributed by atoms with van der Waals surface area (Å²) >= 11 is 0. The second-order valence-electron chi connectivity index (χ2n) is 2.16. The highest BCUT2D eigenvalue weighted by Gasteiger charge is 2.11. The van der Waals surface area contributed by atoms with Crippen LogP contribution in [-0.4, -0.2) is 15.9 Å². The van der Waals surface area contributed by atoms with E-state index in [4.69, 9.17) is 11.5 Å². The highest BCUT2D eigenvalue weighted by atomic mass is 16.6. The third-order valence-electron chi connectivity index (χ3n) is 1.22. The Morgan fingerprint density at radius 1 is 1.62 bits per heavy atom. The molecule has 13 heavy (non-hydrogen) atoms. The van der Waals surface area contributed by atoms with Crippen molar-refractivity contribution in [3.63, 3.8) is 0 Å². The van der Waals surface area contributed by atoms with Crippen molar-refractivity contribution in [1.29, 1.82) is 0 Å². The van der Waals surface area contributed by atoms with Crippen molar-refractivity contribution in [2.24, 2.45) is 16.5 Å². The lowest BCUT2D eigenvalue weighted by Gasteiger charge is -1.95. The first kappa shape index (κ1) is 8.91. The van der Waals surface area contributed by atoms with Crippen LogP contribution < -0.4 is 11.5 Å². The van der Waals surface area contributed by atoms with E-state index in [2.05, 4.69) is 9.98 Å². The number of nitrogens with two attached hydrogens (primary N) is 2. The average Bonchev–Trinajstić information content (AvgIpc) is 2.03. The molecule has 7 nitrogen and oxygen atoms in total. The van der Waals surface area contributed by atoms with Crippen molar-refractivity contribution < 1.29 is 4.92 Å². The van der Waals surface area contributed by atoms with Gasteiger partial charge in [-0.3, -0.25) is 15.1 Å². The molecule has 0 atom stereocenters. The van der Waals surface area contributed by atoms with Crippen molar-refractivity contribution >= 4 is 17.3 Å². The van der Waals surface area contributed by atoms with Crippen LogP contribution in [0.25, 0.3) is 0 Å². The summed E-state index contributed by atoms with van der Waals surface area (Å²) in [7, 11) is 0. The maximum Gasteiger partial charge on any atom is 0.313 e. The SMILES string of the molecule is NC(N)=Nc1ccncc1[N+](=O)[O-]. The second kappa shape index (κ2) is 3.48. The first-order valence-electron chi connectivity index (χ1n) is 3.29. The predicted octanol–water partition coefficient (Wildman–Crippen LogP) is -0.105. The van der Waals surface area contributed by atoms with Crippen molar-refractivity contribution in [2.75, 3.05) is 0 Å². The van der Waals surface area contributed by atoms with Gasteiger partial charge in [-0.25, -0.2) is 4.99 Å². The van der Waals surface area contributed by atoms with Gasteiger partial charge in [0.25, 0.3) is 0 Å². The molecule has 0 radical (unpaired) electrons. The molecule has 0 unspecified atom stereocenters. The smallest absolute Gasteiger partial charge is 0.313 e. The fourth-order valence-corrected chi connectivity index (χ4v) is 0.753. The van der Waals surface area contributed by atoms with E-state index in [1.165, 1.54) is 12.3 Å². The van der Waals surface area contributed by atoms with Crippen molar-refractivity contribution in [3.8, 4) is 0 Å². The molecule has 1 heterocycles. The number of pyridine rings is 1. The fraction of sp³-hybridized carbons (Fsp3) is 0. The number of hydrogen-bond donors (Lipinski definition) is 2. The van der Waals surface area contributed by atoms with Crippen molar-refractivity contribution in [1.82, 2.24) is 4.98 Å². The Morgan fingerprint density at radius 3 is 2.85 bits per heavy atom. The van der Waals surface area contributed by atoms with Gasteiger partial charge in [-0.1, -0.05) is 0 Å². The monoisotopic (exact) mass is 181 g/mol. The number of aromatic nitrogens is 1. The summed E-state index contributed by atoms with van der Waals surface area (Å²) in [4.78, 5) is 17.0. The number of rotatable bonds is 2. The zero-order valence-corrected chi connectivity index (χ0v) is 6.54. The van der Waals surface area contributed by atoms with Gasteiger partial charge >= 0.3 is 5.69 Å². The van der Waals surface area contributed by atoms with Crippen LogP contribution in [0.2, 0.25) is 0 Å². The molecular weight excluding hydrogens is 174 g/mol. The Bertz CT molecular complexity index is 358. The van der Waals surface area contributed by atoms with Gasteiger partial charge in [-0.15, -0.1) is 0 Å². The topological polar surface area (TPSA) is 120 Å². The van der Waals surface area contributed by atoms with Crippen molar-refractivity contribution in [2.45, 2.75) is 0 Å². The van der Waals surface area contributed by atoms with E-state index in [-0.39, 0.29) is 17.3 Å². The summed E-state index contributed by atoms with van der Waals surface area (Å²) < 4.78 is 0. The summed E-state index contributed by atoms with van der Waals surface area (Å²) in [6.45, 7) is 0. The molecule has 4 N–H and O–H groups in total. The first-order valence-corrected chi connectivity index (χ1v) is 3.29. The van der Waals surface area contributed by atoms with E-state index in [0.29, 0.717) is 0 Å². The van der Waals surface area contributed by atoms with Gasteiger partial charge in [0.1, 0.15) is 11.9 Å². The van der Waals surface area contributed by atoms with Crippen LogP contribution in [-0.2, 0) is 0 Å². The lowest BCUT2D eigenvalue weighted by molar-refractivity contribution is -0.384. The molecule has 0 spiro atoms. The summed E-state index contributed by atoms with van der Waals surface area (Å²) in [5, 5.41) is 10.4. The molecule has 7 heteroatoms. The third kappa shape index (κ3) is 2.12. The first-order chi connectivity index (χ1) is 6.11. The van der Waals surface area contributed by atoms with Gasteiger partial charge in [0.2, 0.25) is 0 Å². The molecular formula is C6H7N5O2. The van der Waals surface area contributed by atoms with Crippen molar-refractivity contribution in [3.05, 3.63) is 28.6 Å². The lowest BCUT2D eigenvalue weighted by atomic mass is 10.3. The van der Waals surface area contributed by atoms with Crippen LogP contribution in [0.1, 0.15) is 0 Å². The van der Waals surface area contributed by atoms with Gasteiger partial charge in [-0.05, 0) is 6.07 Å². The van der Waals surface area contributed by atoms with Gasteiger partial charge in [0.15, 0.2) is 5.96 Å². The second-order valence-corrected chi connectivity index (χ2v) is 2.16. The standard InChI is InChI=1S/C6H7N5O2/c7-6(8)10-4-1-2-9-3-5(4)11(12)13/h1-3H,(H4,7,8,9,10). The number of nitro groups is 1. The Morgan fingerprint density at radius 2 is 2.31 bits per heavy atom.